The first kappa shape index (κ1) is 22.4. The van der Waals surface area contributed by atoms with Crippen molar-refractivity contribution in [3.05, 3.63) is 59.4 Å². The summed E-state index contributed by atoms with van der Waals surface area (Å²) in [7, 11) is -2.00. The summed E-state index contributed by atoms with van der Waals surface area (Å²) >= 11 is 0. The summed E-state index contributed by atoms with van der Waals surface area (Å²) in [5.74, 6) is 1.04. The lowest BCUT2D eigenvalue weighted by Crippen LogP contribution is -2.37. The number of para-hydroxylation sites is 1. The normalized spacial score (nSPS) is 15.7. The third-order valence-electron chi connectivity index (χ3n) is 6.13. The van der Waals surface area contributed by atoms with Crippen LogP contribution in [0.5, 0.6) is 5.75 Å². The summed E-state index contributed by atoms with van der Waals surface area (Å²) in [4.78, 5) is 13.0. The van der Waals surface area contributed by atoms with Gasteiger partial charge >= 0.3 is 0 Å². The Labute approximate surface area is 188 Å². The van der Waals surface area contributed by atoms with Crippen molar-refractivity contribution in [2.45, 2.75) is 38.1 Å². The van der Waals surface area contributed by atoms with Crippen molar-refractivity contribution >= 4 is 26.9 Å². The number of piperidine rings is 1. The van der Waals surface area contributed by atoms with Crippen molar-refractivity contribution in [2.75, 3.05) is 20.2 Å². The highest BCUT2D eigenvalue weighted by Crippen LogP contribution is 2.30. The number of methoxy groups -OCH3 is 1. The van der Waals surface area contributed by atoms with Crippen LogP contribution in [0.25, 0.3) is 11.0 Å². The van der Waals surface area contributed by atoms with Gasteiger partial charge in [-0.2, -0.15) is 4.31 Å². The third-order valence-corrected chi connectivity index (χ3v) is 8.02. The number of amides is 1. The van der Waals surface area contributed by atoms with Crippen LogP contribution in [0.1, 0.15) is 41.4 Å². The van der Waals surface area contributed by atoms with E-state index < -0.39 is 10.0 Å². The molecule has 1 aliphatic rings. The SMILES string of the molecule is COc1ccccc1CNC(=O)c1oc2ccc(S(=O)(=O)N3CCC(C)CC3)cc2c1C. The number of carbonyl (C=O) groups excluding carboxylic acids is 1. The number of sulfonamides is 1. The molecule has 0 radical (unpaired) electrons. The van der Waals surface area contributed by atoms with Crippen LogP contribution < -0.4 is 10.1 Å². The third kappa shape index (κ3) is 4.25. The first-order valence-electron chi connectivity index (χ1n) is 10.7. The molecule has 0 atom stereocenters. The quantitative estimate of drug-likeness (QED) is 0.603. The molecule has 0 saturated carbocycles. The minimum absolute atomic E-state index is 0.177. The second-order valence-corrected chi connectivity index (χ2v) is 10.2. The summed E-state index contributed by atoms with van der Waals surface area (Å²) in [5.41, 5.74) is 1.94. The minimum Gasteiger partial charge on any atom is -0.496 e. The fourth-order valence-corrected chi connectivity index (χ4v) is 5.55. The highest BCUT2D eigenvalue weighted by molar-refractivity contribution is 7.89. The molecule has 1 aromatic heterocycles. The first-order chi connectivity index (χ1) is 15.3. The first-order valence-corrected chi connectivity index (χ1v) is 12.2. The molecule has 0 spiro atoms. The molecule has 0 bridgehead atoms. The molecular formula is C24H28N2O5S. The Kier molecular flexibility index (Phi) is 6.26. The Morgan fingerprint density at radius 3 is 2.62 bits per heavy atom. The molecule has 1 saturated heterocycles. The number of ether oxygens (including phenoxy) is 1. The fraction of sp³-hybridized carbons (Fsp3) is 0.375. The van der Waals surface area contributed by atoms with E-state index >= 15 is 0 Å². The summed E-state index contributed by atoms with van der Waals surface area (Å²) < 4.78 is 38.9. The molecule has 1 N–H and O–H groups in total. The topological polar surface area (TPSA) is 88.8 Å². The molecule has 1 fully saturated rings. The van der Waals surface area contributed by atoms with Gasteiger partial charge in [-0.1, -0.05) is 25.1 Å². The smallest absolute Gasteiger partial charge is 0.287 e. The van der Waals surface area contributed by atoms with Crippen molar-refractivity contribution in [2.24, 2.45) is 5.92 Å². The van der Waals surface area contributed by atoms with E-state index in [1.165, 1.54) is 0 Å². The van der Waals surface area contributed by atoms with Gasteiger partial charge in [0, 0.05) is 36.1 Å². The van der Waals surface area contributed by atoms with E-state index in [9.17, 15) is 13.2 Å². The minimum atomic E-state index is -3.58. The largest absolute Gasteiger partial charge is 0.496 e. The van der Waals surface area contributed by atoms with Crippen molar-refractivity contribution < 1.29 is 22.4 Å². The average molecular weight is 457 g/mol. The van der Waals surface area contributed by atoms with E-state index in [4.69, 9.17) is 9.15 Å². The number of carbonyl (C=O) groups is 1. The van der Waals surface area contributed by atoms with Gasteiger partial charge in [0.1, 0.15) is 11.3 Å². The van der Waals surface area contributed by atoms with Crippen LogP contribution >= 0.6 is 0 Å². The molecule has 2 aromatic carbocycles. The standard InChI is InChI=1S/C24H28N2O5S/c1-16-10-12-26(13-11-16)32(28,29)19-8-9-22-20(14-19)17(2)23(31-22)24(27)25-15-18-6-4-5-7-21(18)30-3/h4-9,14,16H,10-13,15H2,1-3H3,(H,25,27). The predicted molar refractivity (Wildman–Crippen MR) is 122 cm³/mol. The number of furan rings is 1. The van der Waals surface area contributed by atoms with Crippen LogP contribution in [0.15, 0.2) is 51.8 Å². The molecule has 3 aromatic rings. The lowest BCUT2D eigenvalue weighted by Gasteiger charge is -2.29. The second kappa shape index (κ2) is 8.96. The summed E-state index contributed by atoms with van der Waals surface area (Å²) in [5, 5.41) is 3.48. The van der Waals surface area contributed by atoms with Gasteiger partial charge in [-0.15, -0.1) is 0 Å². The highest BCUT2D eigenvalue weighted by Gasteiger charge is 2.29. The lowest BCUT2D eigenvalue weighted by molar-refractivity contribution is 0.0924. The summed E-state index contributed by atoms with van der Waals surface area (Å²) in [6.45, 7) is 5.26. The van der Waals surface area contributed by atoms with Crippen molar-refractivity contribution in [3.63, 3.8) is 0 Å². The summed E-state index contributed by atoms with van der Waals surface area (Å²) in [6, 6.07) is 12.2. The zero-order chi connectivity index (χ0) is 22.9. The molecule has 7 nitrogen and oxygen atoms in total. The van der Waals surface area contributed by atoms with E-state index in [2.05, 4.69) is 12.2 Å². The predicted octanol–water partition coefficient (Wildman–Crippen LogP) is 4.10. The van der Waals surface area contributed by atoms with Crippen LogP contribution in [0.4, 0.5) is 0 Å². The van der Waals surface area contributed by atoms with Gasteiger partial charge in [0.2, 0.25) is 10.0 Å². The van der Waals surface area contributed by atoms with E-state index in [-0.39, 0.29) is 23.1 Å². The maximum Gasteiger partial charge on any atom is 0.287 e. The second-order valence-electron chi connectivity index (χ2n) is 8.30. The van der Waals surface area contributed by atoms with E-state index in [0.29, 0.717) is 41.3 Å². The van der Waals surface area contributed by atoms with Gasteiger partial charge < -0.3 is 14.5 Å². The zero-order valence-corrected chi connectivity index (χ0v) is 19.4. The van der Waals surface area contributed by atoms with Crippen molar-refractivity contribution in [1.29, 1.82) is 0 Å². The Morgan fingerprint density at radius 2 is 1.91 bits per heavy atom. The number of nitrogens with zero attached hydrogens (tertiary/aromatic N) is 1. The fourth-order valence-electron chi connectivity index (χ4n) is 4.06. The number of nitrogens with one attached hydrogen (secondary N) is 1. The lowest BCUT2D eigenvalue weighted by atomic mass is 10.0. The molecule has 2 heterocycles. The van der Waals surface area contributed by atoms with Crippen LogP contribution in [0.3, 0.4) is 0 Å². The number of fused-ring (bicyclic) bond motifs is 1. The van der Waals surface area contributed by atoms with E-state index in [1.807, 2.05) is 24.3 Å². The molecule has 32 heavy (non-hydrogen) atoms. The van der Waals surface area contributed by atoms with Crippen LogP contribution in [-0.4, -0.2) is 38.8 Å². The van der Waals surface area contributed by atoms with Crippen LogP contribution in [0.2, 0.25) is 0 Å². The van der Waals surface area contributed by atoms with Gasteiger partial charge in [0.15, 0.2) is 5.76 Å². The van der Waals surface area contributed by atoms with Crippen LogP contribution in [-0.2, 0) is 16.6 Å². The molecule has 1 amide bonds. The Morgan fingerprint density at radius 1 is 1.19 bits per heavy atom. The van der Waals surface area contributed by atoms with Crippen molar-refractivity contribution in [3.8, 4) is 5.75 Å². The van der Waals surface area contributed by atoms with Gasteiger partial charge in [-0.25, -0.2) is 8.42 Å². The molecule has 170 valence electrons. The van der Waals surface area contributed by atoms with Gasteiger partial charge in [-0.05, 0) is 49.9 Å². The molecule has 1 aliphatic heterocycles. The van der Waals surface area contributed by atoms with Gasteiger partial charge in [0.05, 0.1) is 12.0 Å². The number of hydrogen-bond acceptors (Lipinski definition) is 5. The van der Waals surface area contributed by atoms with Gasteiger partial charge in [0.25, 0.3) is 5.91 Å². The van der Waals surface area contributed by atoms with E-state index in [1.54, 1.807) is 36.5 Å². The maximum absolute atomic E-state index is 13.1. The Bertz CT molecular complexity index is 1240. The number of benzene rings is 2. The monoisotopic (exact) mass is 456 g/mol. The molecular weight excluding hydrogens is 428 g/mol. The van der Waals surface area contributed by atoms with Gasteiger partial charge in [-0.3, -0.25) is 4.79 Å². The molecule has 8 heteroatoms. The Balaban J connectivity index is 1.57. The average Bonchev–Trinajstić information content (AvgIpc) is 3.14. The zero-order valence-electron chi connectivity index (χ0n) is 18.6. The Hall–Kier alpha value is -2.84. The van der Waals surface area contributed by atoms with Crippen molar-refractivity contribution in [1.82, 2.24) is 9.62 Å². The number of rotatable bonds is 6. The number of aryl methyl sites for hydroxylation is 1. The summed E-state index contributed by atoms with van der Waals surface area (Å²) in [6.07, 6.45) is 1.73. The highest BCUT2D eigenvalue weighted by atomic mass is 32.2. The maximum atomic E-state index is 13.1. The molecule has 0 unspecified atom stereocenters. The molecule has 0 aliphatic carbocycles. The van der Waals surface area contributed by atoms with Crippen LogP contribution in [0, 0.1) is 12.8 Å². The molecule has 4 rings (SSSR count). The number of hydrogen-bond donors (Lipinski definition) is 1. The van der Waals surface area contributed by atoms with E-state index in [0.717, 1.165) is 18.4 Å².